The van der Waals surface area contributed by atoms with Crippen molar-refractivity contribution in [3.05, 3.63) is 95.6 Å². The summed E-state index contributed by atoms with van der Waals surface area (Å²) in [5.41, 5.74) is 3.15. The maximum Gasteiger partial charge on any atom is 0.264 e. The maximum absolute atomic E-state index is 14.0. The van der Waals surface area contributed by atoms with Crippen LogP contribution in [-0.4, -0.2) is 44.8 Å². The molecule has 0 aliphatic heterocycles. The van der Waals surface area contributed by atoms with Crippen LogP contribution in [0.5, 0.6) is 0 Å². The number of para-hydroxylation sites is 1. The molecule has 0 fully saturated rings. The quantitative estimate of drug-likeness (QED) is 0.408. The Labute approximate surface area is 220 Å². The Bertz CT molecular complexity index is 1330. The van der Waals surface area contributed by atoms with E-state index in [2.05, 4.69) is 5.32 Å². The Balaban J connectivity index is 2.09. The number of rotatable bonds is 11. The summed E-state index contributed by atoms with van der Waals surface area (Å²) in [6.07, 6.45) is 0.974. The third-order valence-corrected chi connectivity index (χ3v) is 8.09. The van der Waals surface area contributed by atoms with Crippen LogP contribution in [0.2, 0.25) is 0 Å². The van der Waals surface area contributed by atoms with Crippen molar-refractivity contribution in [2.75, 3.05) is 17.9 Å². The number of benzene rings is 3. The number of hydrogen-bond donors (Lipinski definition) is 1. The van der Waals surface area contributed by atoms with Gasteiger partial charge in [0.05, 0.1) is 10.6 Å². The highest BCUT2D eigenvalue weighted by molar-refractivity contribution is 7.92. The third-order valence-electron chi connectivity index (χ3n) is 6.32. The van der Waals surface area contributed by atoms with Crippen LogP contribution in [0.3, 0.4) is 0 Å². The number of carbonyl (C=O) groups is 2. The van der Waals surface area contributed by atoms with Crippen LogP contribution >= 0.6 is 0 Å². The van der Waals surface area contributed by atoms with Crippen molar-refractivity contribution in [3.63, 3.8) is 0 Å². The lowest BCUT2D eigenvalue weighted by molar-refractivity contribution is -0.140. The minimum absolute atomic E-state index is 0.0947. The van der Waals surface area contributed by atoms with Gasteiger partial charge in [-0.1, -0.05) is 80.1 Å². The van der Waals surface area contributed by atoms with Crippen molar-refractivity contribution < 1.29 is 18.0 Å². The van der Waals surface area contributed by atoms with Gasteiger partial charge in [0.25, 0.3) is 10.0 Å². The van der Waals surface area contributed by atoms with Crippen LogP contribution in [0.4, 0.5) is 5.69 Å². The summed E-state index contributed by atoms with van der Waals surface area (Å²) in [7, 11) is -2.54. The minimum Gasteiger partial charge on any atom is -0.357 e. The highest BCUT2D eigenvalue weighted by Gasteiger charge is 2.34. The molecule has 0 aromatic heterocycles. The van der Waals surface area contributed by atoms with E-state index in [-0.39, 0.29) is 17.3 Å². The zero-order chi connectivity index (χ0) is 27.0. The highest BCUT2D eigenvalue weighted by Crippen LogP contribution is 2.28. The van der Waals surface area contributed by atoms with Gasteiger partial charge in [-0.25, -0.2) is 8.42 Å². The minimum atomic E-state index is -4.07. The number of aryl methyl sites for hydroxylation is 2. The predicted octanol–water partition coefficient (Wildman–Crippen LogP) is 4.31. The van der Waals surface area contributed by atoms with Crippen molar-refractivity contribution >= 4 is 27.5 Å². The van der Waals surface area contributed by atoms with E-state index in [0.29, 0.717) is 18.5 Å². The van der Waals surface area contributed by atoms with Crippen molar-refractivity contribution in [2.45, 2.75) is 51.1 Å². The van der Waals surface area contributed by atoms with Crippen molar-refractivity contribution in [3.8, 4) is 0 Å². The monoisotopic (exact) mass is 521 g/mol. The first kappa shape index (κ1) is 27.9. The molecule has 0 aliphatic rings. The van der Waals surface area contributed by atoms with Gasteiger partial charge in [-0.15, -0.1) is 0 Å². The first-order valence-corrected chi connectivity index (χ1v) is 13.9. The molecule has 3 aromatic carbocycles. The Kier molecular flexibility index (Phi) is 9.47. The van der Waals surface area contributed by atoms with Gasteiger partial charge in [0.2, 0.25) is 11.8 Å². The number of amides is 2. The summed E-state index contributed by atoms with van der Waals surface area (Å²) in [5, 5.41) is 2.64. The molecule has 0 spiro atoms. The number of likely N-dealkylation sites (N-methyl/N-ethyl adjacent to an activating group) is 1. The molecule has 37 heavy (non-hydrogen) atoms. The molecule has 2 amide bonds. The molecule has 0 heterocycles. The maximum atomic E-state index is 14.0. The molecule has 3 aromatic rings. The number of hydrogen-bond acceptors (Lipinski definition) is 4. The predicted molar refractivity (Wildman–Crippen MR) is 147 cm³/mol. The molecular formula is C29H35N3O4S. The average molecular weight is 522 g/mol. The number of anilines is 1. The molecule has 0 saturated carbocycles. The van der Waals surface area contributed by atoms with E-state index in [4.69, 9.17) is 0 Å². The van der Waals surface area contributed by atoms with Crippen molar-refractivity contribution in [1.82, 2.24) is 10.2 Å². The summed E-state index contributed by atoms with van der Waals surface area (Å²) >= 11 is 0. The van der Waals surface area contributed by atoms with Crippen LogP contribution < -0.4 is 9.62 Å². The summed E-state index contributed by atoms with van der Waals surface area (Å²) < 4.78 is 28.9. The first-order valence-electron chi connectivity index (χ1n) is 12.4. The van der Waals surface area contributed by atoms with E-state index in [0.717, 1.165) is 16.7 Å². The summed E-state index contributed by atoms with van der Waals surface area (Å²) in [5.74, 6) is -0.753. The van der Waals surface area contributed by atoms with E-state index in [1.54, 1.807) is 30.3 Å². The van der Waals surface area contributed by atoms with Crippen LogP contribution in [-0.2, 0) is 32.6 Å². The highest BCUT2D eigenvalue weighted by atomic mass is 32.2. The Morgan fingerprint density at radius 1 is 0.919 bits per heavy atom. The molecule has 0 radical (unpaired) electrons. The second kappa shape index (κ2) is 12.5. The van der Waals surface area contributed by atoms with Crippen LogP contribution in [0.15, 0.2) is 83.8 Å². The summed E-state index contributed by atoms with van der Waals surface area (Å²) in [4.78, 5) is 28.3. The van der Waals surface area contributed by atoms with E-state index in [1.165, 1.54) is 28.4 Å². The van der Waals surface area contributed by atoms with Gasteiger partial charge in [-0.2, -0.15) is 0 Å². The smallest absolute Gasteiger partial charge is 0.264 e. The molecule has 8 heteroatoms. The number of sulfonamides is 1. The van der Waals surface area contributed by atoms with Gasteiger partial charge in [0.1, 0.15) is 12.6 Å². The van der Waals surface area contributed by atoms with Gasteiger partial charge < -0.3 is 10.2 Å². The Hall–Kier alpha value is -3.65. The zero-order valence-electron chi connectivity index (χ0n) is 21.8. The van der Waals surface area contributed by atoms with Gasteiger partial charge in [0, 0.05) is 13.6 Å². The molecule has 0 unspecified atom stereocenters. The molecule has 0 bridgehead atoms. The fourth-order valence-corrected chi connectivity index (χ4v) is 5.85. The van der Waals surface area contributed by atoms with Gasteiger partial charge >= 0.3 is 0 Å². The van der Waals surface area contributed by atoms with Crippen LogP contribution in [0, 0.1) is 6.92 Å². The Morgan fingerprint density at radius 3 is 2.22 bits per heavy atom. The molecule has 196 valence electrons. The fourth-order valence-electron chi connectivity index (χ4n) is 4.38. The molecule has 3 rings (SSSR count). The number of nitrogens with zero attached hydrogens (tertiary/aromatic N) is 2. The first-order chi connectivity index (χ1) is 17.7. The standard InChI is InChI=1S/C29H35N3O4S/c1-5-24-15-10-11-18-27(24)32(37(35,36)25-16-8-7-9-17-25)21-28(33)31(26(6-2)29(34)30-4)20-23-14-12-13-22(3)19-23/h7-19,26H,5-6,20-21H2,1-4H3,(H,30,34)/t26-/m0/s1. The molecule has 0 aliphatic carbocycles. The van der Waals surface area contributed by atoms with Crippen LogP contribution in [0.25, 0.3) is 0 Å². The van der Waals surface area contributed by atoms with Gasteiger partial charge in [-0.05, 0) is 49.1 Å². The lowest BCUT2D eigenvalue weighted by atomic mass is 10.1. The van der Waals surface area contributed by atoms with Crippen molar-refractivity contribution in [1.29, 1.82) is 0 Å². The second-order valence-electron chi connectivity index (χ2n) is 8.86. The van der Waals surface area contributed by atoms with Gasteiger partial charge in [0.15, 0.2) is 0 Å². The summed E-state index contributed by atoms with van der Waals surface area (Å²) in [6, 6.07) is 22.2. The normalized spacial score (nSPS) is 12.0. The molecular weight excluding hydrogens is 486 g/mol. The van der Waals surface area contributed by atoms with Crippen molar-refractivity contribution in [2.24, 2.45) is 0 Å². The zero-order valence-corrected chi connectivity index (χ0v) is 22.7. The molecule has 7 nitrogen and oxygen atoms in total. The largest absolute Gasteiger partial charge is 0.357 e. The molecule has 1 atom stereocenters. The fraction of sp³-hybridized carbons (Fsp3) is 0.310. The van der Waals surface area contributed by atoms with E-state index in [9.17, 15) is 18.0 Å². The summed E-state index contributed by atoms with van der Waals surface area (Å²) in [6.45, 7) is 5.48. The molecule has 0 saturated heterocycles. The van der Waals surface area contributed by atoms with Crippen LogP contribution in [0.1, 0.15) is 37.0 Å². The second-order valence-corrected chi connectivity index (χ2v) is 10.7. The van der Waals surface area contributed by atoms with E-state index >= 15 is 0 Å². The van der Waals surface area contributed by atoms with Gasteiger partial charge in [-0.3, -0.25) is 13.9 Å². The number of carbonyl (C=O) groups excluding carboxylic acids is 2. The SMILES string of the molecule is CCc1ccccc1N(CC(=O)N(Cc1cccc(C)c1)[C@@H](CC)C(=O)NC)S(=O)(=O)c1ccccc1. The topological polar surface area (TPSA) is 86.8 Å². The third kappa shape index (κ3) is 6.57. The lowest BCUT2D eigenvalue weighted by Crippen LogP contribution is -2.51. The average Bonchev–Trinajstić information content (AvgIpc) is 2.91. The molecule has 1 N–H and O–H groups in total. The van der Waals surface area contributed by atoms with E-state index in [1.807, 2.05) is 57.2 Å². The number of nitrogens with one attached hydrogen (secondary N) is 1. The van der Waals surface area contributed by atoms with E-state index < -0.39 is 28.5 Å². The lowest BCUT2D eigenvalue weighted by Gasteiger charge is -2.33. The Morgan fingerprint density at radius 2 is 1.59 bits per heavy atom.